The van der Waals surface area contributed by atoms with E-state index in [0.717, 1.165) is 35.4 Å². The van der Waals surface area contributed by atoms with Crippen LogP contribution in [0.5, 0.6) is 0 Å². The second-order valence-corrected chi connectivity index (χ2v) is 7.01. The fourth-order valence-corrected chi connectivity index (χ4v) is 3.52. The van der Waals surface area contributed by atoms with Crippen LogP contribution in [0.1, 0.15) is 34.2 Å². The highest BCUT2D eigenvalue weighted by Crippen LogP contribution is 2.28. The lowest BCUT2D eigenvalue weighted by molar-refractivity contribution is 0.0789. The Kier molecular flexibility index (Phi) is 4.62. The fraction of sp³-hybridized carbons (Fsp3) is 0.300. The Morgan fingerprint density at radius 2 is 1.89 bits per heavy atom. The summed E-state index contributed by atoms with van der Waals surface area (Å²) in [4.78, 5) is 27.8. The van der Waals surface area contributed by atoms with Gasteiger partial charge in [0, 0.05) is 55.8 Å². The predicted molar refractivity (Wildman–Crippen MR) is 98.6 cm³/mol. The number of aromatic nitrogens is 4. The maximum atomic E-state index is 13.4. The SMILES string of the molecule is Cc1cc(-c2nccn2C)nc([C@@H]2CCN(C(=O)c3cc(F)cc(F)c3)C2)n1. The Morgan fingerprint density at radius 1 is 1.14 bits per heavy atom. The zero-order chi connectivity index (χ0) is 19.8. The number of amides is 1. The van der Waals surface area contributed by atoms with Crippen molar-refractivity contribution >= 4 is 5.91 Å². The molecule has 1 aliphatic rings. The van der Waals surface area contributed by atoms with Crippen LogP contribution in [0.2, 0.25) is 0 Å². The molecule has 1 atom stereocenters. The molecule has 1 amide bonds. The van der Waals surface area contributed by atoms with Crippen molar-refractivity contribution < 1.29 is 13.6 Å². The van der Waals surface area contributed by atoms with Gasteiger partial charge in [0.25, 0.3) is 5.91 Å². The van der Waals surface area contributed by atoms with Crippen LogP contribution < -0.4 is 0 Å². The number of hydrogen-bond donors (Lipinski definition) is 0. The lowest BCUT2D eigenvalue weighted by Gasteiger charge is -2.17. The first-order valence-corrected chi connectivity index (χ1v) is 8.99. The summed E-state index contributed by atoms with van der Waals surface area (Å²) in [5.74, 6) is -0.563. The molecule has 0 bridgehead atoms. The van der Waals surface area contributed by atoms with E-state index in [1.54, 1.807) is 11.1 Å². The van der Waals surface area contributed by atoms with Crippen LogP contribution in [0.3, 0.4) is 0 Å². The van der Waals surface area contributed by atoms with Gasteiger partial charge >= 0.3 is 0 Å². The summed E-state index contributed by atoms with van der Waals surface area (Å²) < 4.78 is 28.8. The van der Waals surface area contributed by atoms with Gasteiger partial charge in [-0.1, -0.05) is 0 Å². The first kappa shape index (κ1) is 18.2. The van der Waals surface area contributed by atoms with Gasteiger partial charge in [-0.25, -0.2) is 23.7 Å². The van der Waals surface area contributed by atoms with Crippen molar-refractivity contribution in [3.63, 3.8) is 0 Å². The Hall–Kier alpha value is -3.16. The smallest absolute Gasteiger partial charge is 0.254 e. The molecular weight excluding hydrogens is 364 g/mol. The lowest BCUT2D eigenvalue weighted by Crippen LogP contribution is -2.28. The number of benzene rings is 1. The highest BCUT2D eigenvalue weighted by molar-refractivity contribution is 5.94. The third-order valence-electron chi connectivity index (χ3n) is 4.87. The number of carbonyl (C=O) groups excluding carboxylic acids is 1. The van der Waals surface area contributed by atoms with Crippen molar-refractivity contribution in [3.8, 4) is 11.5 Å². The fourth-order valence-electron chi connectivity index (χ4n) is 3.52. The van der Waals surface area contributed by atoms with E-state index < -0.39 is 17.5 Å². The summed E-state index contributed by atoms with van der Waals surface area (Å²) >= 11 is 0. The van der Waals surface area contributed by atoms with Crippen molar-refractivity contribution in [2.75, 3.05) is 13.1 Å². The third-order valence-corrected chi connectivity index (χ3v) is 4.87. The van der Waals surface area contributed by atoms with Gasteiger partial charge in [0.05, 0.1) is 0 Å². The average molecular weight is 383 g/mol. The van der Waals surface area contributed by atoms with Crippen LogP contribution in [0.4, 0.5) is 8.78 Å². The molecule has 1 aliphatic heterocycles. The third kappa shape index (κ3) is 3.49. The zero-order valence-electron chi connectivity index (χ0n) is 15.6. The van der Waals surface area contributed by atoms with Crippen LogP contribution in [-0.2, 0) is 7.05 Å². The molecule has 144 valence electrons. The van der Waals surface area contributed by atoms with Gasteiger partial charge in [0.2, 0.25) is 0 Å². The van der Waals surface area contributed by atoms with E-state index in [-0.39, 0.29) is 11.5 Å². The zero-order valence-corrected chi connectivity index (χ0v) is 15.6. The molecule has 4 rings (SSSR count). The summed E-state index contributed by atoms with van der Waals surface area (Å²) in [6.07, 6.45) is 4.24. The largest absolute Gasteiger partial charge is 0.338 e. The van der Waals surface area contributed by atoms with Crippen LogP contribution in [0.25, 0.3) is 11.5 Å². The number of aryl methyl sites for hydroxylation is 2. The van der Waals surface area contributed by atoms with E-state index in [4.69, 9.17) is 0 Å². The number of halogens is 2. The quantitative estimate of drug-likeness (QED) is 0.697. The molecule has 0 N–H and O–H groups in total. The van der Waals surface area contributed by atoms with Crippen LogP contribution in [-0.4, -0.2) is 43.4 Å². The summed E-state index contributed by atoms with van der Waals surface area (Å²) in [6.45, 7) is 2.78. The molecule has 28 heavy (non-hydrogen) atoms. The second-order valence-electron chi connectivity index (χ2n) is 7.01. The molecule has 1 saturated heterocycles. The van der Waals surface area contributed by atoms with Crippen molar-refractivity contribution in [1.82, 2.24) is 24.4 Å². The maximum Gasteiger partial charge on any atom is 0.254 e. The van der Waals surface area contributed by atoms with Gasteiger partial charge in [0.1, 0.15) is 23.2 Å². The molecule has 0 aliphatic carbocycles. The van der Waals surface area contributed by atoms with Gasteiger partial charge in [-0.2, -0.15) is 0 Å². The Morgan fingerprint density at radius 3 is 2.57 bits per heavy atom. The molecule has 0 unspecified atom stereocenters. The van der Waals surface area contributed by atoms with Crippen molar-refractivity contribution in [2.24, 2.45) is 7.05 Å². The Labute approximate surface area is 160 Å². The number of hydrogen-bond acceptors (Lipinski definition) is 4. The molecule has 1 fully saturated rings. The number of carbonyl (C=O) groups is 1. The van der Waals surface area contributed by atoms with Crippen molar-refractivity contribution in [2.45, 2.75) is 19.3 Å². The second kappa shape index (κ2) is 7.10. The van der Waals surface area contributed by atoms with E-state index in [9.17, 15) is 13.6 Å². The average Bonchev–Trinajstić information content (AvgIpc) is 3.29. The lowest BCUT2D eigenvalue weighted by atomic mass is 10.1. The van der Waals surface area contributed by atoms with Gasteiger partial charge in [-0.05, 0) is 31.5 Å². The van der Waals surface area contributed by atoms with Crippen LogP contribution in [0.15, 0.2) is 36.7 Å². The van der Waals surface area contributed by atoms with Gasteiger partial charge < -0.3 is 9.47 Å². The summed E-state index contributed by atoms with van der Waals surface area (Å²) in [6, 6.07) is 4.74. The molecule has 0 spiro atoms. The van der Waals surface area contributed by atoms with Gasteiger partial charge in [-0.3, -0.25) is 4.79 Å². The van der Waals surface area contributed by atoms with Crippen molar-refractivity contribution in [1.29, 1.82) is 0 Å². The molecule has 6 nitrogen and oxygen atoms in total. The van der Waals surface area contributed by atoms with E-state index in [2.05, 4.69) is 15.0 Å². The topological polar surface area (TPSA) is 63.9 Å². The molecule has 0 saturated carbocycles. The standard InChI is InChI=1S/C20H19F2N5O/c1-12-7-17(19-23-4-6-26(19)2)25-18(24-12)13-3-5-27(11-13)20(28)14-8-15(21)10-16(22)9-14/h4,6-10,13H,3,5,11H2,1-2H3/t13-/m1/s1. The summed E-state index contributed by atoms with van der Waals surface area (Å²) in [5.41, 5.74) is 1.56. The molecule has 1 aromatic carbocycles. The summed E-state index contributed by atoms with van der Waals surface area (Å²) in [7, 11) is 1.90. The molecular formula is C20H19F2N5O. The highest BCUT2D eigenvalue weighted by atomic mass is 19.1. The molecule has 2 aromatic heterocycles. The van der Waals surface area contributed by atoms with Gasteiger partial charge in [-0.15, -0.1) is 0 Å². The minimum absolute atomic E-state index is 0.0111. The summed E-state index contributed by atoms with van der Waals surface area (Å²) in [5, 5.41) is 0. The minimum Gasteiger partial charge on any atom is -0.338 e. The number of rotatable bonds is 3. The van der Waals surface area contributed by atoms with E-state index in [0.29, 0.717) is 25.3 Å². The Bertz CT molecular complexity index is 1030. The minimum atomic E-state index is -0.763. The van der Waals surface area contributed by atoms with Crippen LogP contribution >= 0.6 is 0 Å². The maximum absolute atomic E-state index is 13.4. The van der Waals surface area contributed by atoms with Crippen molar-refractivity contribution in [3.05, 3.63) is 65.4 Å². The number of nitrogens with zero attached hydrogens (tertiary/aromatic N) is 5. The molecule has 8 heteroatoms. The molecule has 3 heterocycles. The molecule has 0 radical (unpaired) electrons. The normalized spacial score (nSPS) is 16.6. The van der Waals surface area contributed by atoms with E-state index in [1.807, 2.05) is 30.8 Å². The number of likely N-dealkylation sites (tertiary alicyclic amines) is 1. The molecule has 3 aromatic rings. The highest BCUT2D eigenvalue weighted by Gasteiger charge is 2.30. The van der Waals surface area contributed by atoms with Gasteiger partial charge in [0.15, 0.2) is 5.82 Å². The first-order chi connectivity index (χ1) is 13.4. The Balaban J connectivity index is 1.57. The monoisotopic (exact) mass is 383 g/mol. The van der Waals surface area contributed by atoms with Crippen LogP contribution in [0, 0.1) is 18.6 Å². The number of imidazole rings is 1. The predicted octanol–water partition coefficient (Wildman–Crippen LogP) is 3.09. The van der Waals surface area contributed by atoms with E-state index >= 15 is 0 Å². The van der Waals surface area contributed by atoms with E-state index in [1.165, 1.54) is 0 Å². The first-order valence-electron chi connectivity index (χ1n) is 8.99.